The maximum Gasteiger partial charge on any atom is 0.416 e. The normalized spacial score (nSPS) is 12.3. The van der Waals surface area contributed by atoms with Crippen molar-refractivity contribution in [3.8, 4) is 0 Å². The SMILES string of the molecule is C/C(=N/NC(=O)CN(c1cc(C(F)(F)F)ccc1Cl)S(=O)(=O)c1ccccc1)c1ccc(Br)cc1. The van der Waals surface area contributed by atoms with Gasteiger partial charge < -0.3 is 0 Å². The Labute approximate surface area is 213 Å². The van der Waals surface area contributed by atoms with Gasteiger partial charge in [0.25, 0.3) is 15.9 Å². The Morgan fingerprint density at radius 3 is 2.29 bits per heavy atom. The van der Waals surface area contributed by atoms with Gasteiger partial charge in [-0.1, -0.05) is 57.9 Å². The smallest absolute Gasteiger partial charge is 0.271 e. The van der Waals surface area contributed by atoms with Crippen LogP contribution in [0.1, 0.15) is 18.1 Å². The van der Waals surface area contributed by atoms with Gasteiger partial charge in [-0.3, -0.25) is 9.10 Å². The Balaban J connectivity index is 1.98. The summed E-state index contributed by atoms with van der Waals surface area (Å²) in [6, 6.07) is 16.3. The predicted molar refractivity (Wildman–Crippen MR) is 132 cm³/mol. The molecule has 1 amide bonds. The molecule has 6 nitrogen and oxygen atoms in total. The van der Waals surface area contributed by atoms with E-state index in [9.17, 15) is 26.4 Å². The number of hydrogen-bond donors (Lipinski definition) is 1. The molecule has 0 aromatic heterocycles. The van der Waals surface area contributed by atoms with E-state index in [0.717, 1.165) is 16.6 Å². The van der Waals surface area contributed by atoms with Crippen LogP contribution in [0.4, 0.5) is 18.9 Å². The number of sulfonamides is 1. The minimum atomic E-state index is -4.75. The molecule has 0 aliphatic rings. The van der Waals surface area contributed by atoms with Gasteiger partial charge in [-0.05, 0) is 55.0 Å². The van der Waals surface area contributed by atoms with Gasteiger partial charge >= 0.3 is 6.18 Å². The van der Waals surface area contributed by atoms with Crippen molar-refractivity contribution < 1.29 is 26.4 Å². The molecule has 3 aromatic rings. The van der Waals surface area contributed by atoms with Crippen molar-refractivity contribution in [3.63, 3.8) is 0 Å². The summed E-state index contributed by atoms with van der Waals surface area (Å²) < 4.78 is 68.0. The summed E-state index contributed by atoms with van der Waals surface area (Å²) in [6.07, 6.45) is -4.75. The van der Waals surface area contributed by atoms with E-state index >= 15 is 0 Å². The first-order chi connectivity index (χ1) is 16.4. The Morgan fingerprint density at radius 2 is 1.69 bits per heavy atom. The van der Waals surface area contributed by atoms with E-state index in [0.29, 0.717) is 21.6 Å². The summed E-state index contributed by atoms with van der Waals surface area (Å²) in [5.41, 5.74) is 1.77. The van der Waals surface area contributed by atoms with Crippen LogP contribution in [-0.4, -0.2) is 26.6 Å². The van der Waals surface area contributed by atoms with Crippen LogP contribution in [0.15, 0.2) is 87.3 Å². The summed E-state index contributed by atoms with van der Waals surface area (Å²) in [4.78, 5) is 12.5. The third-order valence-electron chi connectivity index (χ3n) is 4.77. The fourth-order valence-corrected chi connectivity index (χ4v) is 4.95. The maximum absolute atomic E-state index is 13.3. The largest absolute Gasteiger partial charge is 0.416 e. The van der Waals surface area contributed by atoms with Gasteiger partial charge in [0, 0.05) is 4.47 Å². The summed E-state index contributed by atoms with van der Waals surface area (Å²) in [6.45, 7) is 0.765. The van der Waals surface area contributed by atoms with E-state index in [2.05, 4.69) is 26.5 Å². The highest BCUT2D eigenvalue weighted by Crippen LogP contribution is 2.37. The molecule has 0 radical (unpaired) electrons. The molecule has 35 heavy (non-hydrogen) atoms. The van der Waals surface area contributed by atoms with Crippen LogP contribution >= 0.6 is 27.5 Å². The number of nitrogens with zero attached hydrogens (tertiary/aromatic N) is 2. The lowest BCUT2D eigenvalue weighted by molar-refractivity contribution is -0.137. The fourth-order valence-electron chi connectivity index (χ4n) is 2.97. The minimum absolute atomic E-state index is 0.226. The van der Waals surface area contributed by atoms with Crippen molar-refractivity contribution in [2.24, 2.45) is 5.10 Å². The van der Waals surface area contributed by atoms with Crippen molar-refractivity contribution in [2.45, 2.75) is 18.0 Å². The van der Waals surface area contributed by atoms with E-state index < -0.39 is 39.9 Å². The zero-order valence-electron chi connectivity index (χ0n) is 18.1. The average molecular weight is 589 g/mol. The number of alkyl halides is 3. The van der Waals surface area contributed by atoms with Crippen molar-refractivity contribution in [2.75, 3.05) is 10.8 Å². The molecule has 0 heterocycles. The lowest BCUT2D eigenvalue weighted by atomic mass is 10.1. The highest BCUT2D eigenvalue weighted by atomic mass is 79.9. The average Bonchev–Trinajstić information content (AvgIpc) is 2.81. The molecular weight excluding hydrogens is 571 g/mol. The molecule has 0 aliphatic heterocycles. The zero-order chi connectivity index (χ0) is 25.8. The van der Waals surface area contributed by atoms with E-state index in [-0.39, 0.29) is 9.92 Å². The molecule has 0 bridgehead atoms. The second kappa shape index (κ2) is 10.8. The fraction of sp³-hybridized carbons (Fsp3) is 0.130. The molecule has 0 aliphatic carbocycles. The number of hydrazone groups is 1. The molecule has 1 N–H and O–H groups in total. The first kappa shape index (κ1) is 26.7. The Bertz CT molecular complexity index is 1350. The lowest BCUT2D eigenvalue weighted by Crippen LogP contribution is -2.40. The molecule has 3 aromatic carbocycles. The molecule has 0 saturated carbocycles. The number of benzene rings is 3. The molecule has 184 valence electrons. The van der Waals surface area contributed by atoms with Crippen LogP contribution in [-0.2, 0) is 21.0 Å². The highest BCUT2D eigenvalue weighted by molar-refractivity contribution is 9.10. The predicted octanol–water partition coefficient (Wildman–Crippen LogP) is 5.86. The quantitative estimate of drug-likeness (QED) is 0.278. The first-order valence-electron chi connectivity index (χ1n) is 9.93. The molecule has 3 rings (SSSR count). The van der Waals surface area contributed by atoms with E-state index in [4.69, 9.17) is 11.6 Å². The Kier molecular flexibility index (Phi) is 8.24. The number of carbonyl (C=O) groups excluding carboxylic acids is 1. The second-order valence-electron chi connectivity index (χ2n) is 7.23. The summed E-state index contributed by atoms with van der Waals surface area (Å²) in [5.74, 6) is -0.880. The number of anilines is 1. The first-order valence-corrected chi connectivity index (χ1v) is 12.5. The maximum atomic E-state index is 13.3. The number of nitrogens with one attached hydrogen (secondary N) is 1. The van der Waals surface area contributed by atoms with Crippen molar-refractivity contribution >= 4 is 54.9 Å². The van der Waals surface area contributed by atoms with Crippen molar-refractivity contribution in [3.05, 3.63) is 93.4 Å². The molecule has 0 atom stereocenters. The monoisotopic (exact) mass is 587 g/mol. The van der Waals surface area contributed by atoms with E-state index in [1.165, 1.54) is 24.3 Å². The number of rotatable bonds is 7. The van der Waals surface area contributed by atoms with Crippen molar-refractivity contribution in [1.29, 1.82) is 0 Å². The number of amides is 1. The van der Waals surface area contributed by atoms with Crippen LogP contribution in [0.5, 0.6) is 0 Å². The van der Waals surface area contributed by atoms with Gasteiger partial charge in [0.1, 0.15) is 6.54 Å². The lowest BCUT2D eigenvalue weighted by Gasteiger charge is -2.25. The third-order valence-corrected chi connectivity index (χ3v) is 7.39. The molecule has 0 saturated heterocycles. The van der Waals surface area contributed by atoms with Gasteiger partial charge in [0.15, 0.2) is 0 Å². The summed E-state index contributed by atoms with van der Waals surface area (Å²) in [7, 11) is -4.46. The number of hydrogen-bond acceptors (Lipinski definition) is 4. The molecule has 0 fully saturated rings. The van der Waals surface area contributed by atoms with Gasteiger partial charge in [-0.15, -0.1) is 0 Å². The van der Waals surface area contributed by atoms with Gasteiger partial charge in [-0.2, -0.15) is 18.3 Å². The van der Waals surface area contributed by atoms with Crippen LogP contribution < -0.4 is 9.73 Å². The highest BCUT2D eigenvalue weighted by Gasteiger charge is 2.34. The Hall–Kier alpha value is -2.89. The molecule has 0 unspecified atom stereocenters. The van der Waals surface area contributed by atoms with Gasteiger partial charge in [-0.25, -0.2) is 13.8 Å². The van der Waals surface area contributed by atoms with Crippen LogP contribution in [0.3, 0.4) is 0 Å². The molecular formula is C23H18BrClF3N3O3S. The van der Waals surface area contributed by atoms with Crippen LogP contribution in [0.25, 0.3) is 0 Å². The zero-order valence-corrected chi connectivity index (χ0v) is 21.2. The molecule has 0 spiro atoms. The second-order valence-corrected chi connectivity index (χ2v) is 10.4. The number of carbonyl (C=O) groups is 1. The van der Waals surface area contributed by atoms with Crippen molar-refractivity contribution in [1.82, 2.24) is 5.43 Å². The van der Waals surface area contributed by atoms with Gasteiger partial charge in [0.2, 0.25) is 0 Å². The summed E-state index contributed by atoms with van der Waals surface area (Å²) in [5, 5.41) is 3.69. The van der Waals surface area contributed by atoms with Gasteiger partial charge in [0.05, 0.1) is 26.9 Å². The van der Waals surface area contributed by atoms with E-state index in [1.807, 2.05) is 0 Å². The topological polar surface area (TPSA) is 78.8 Å². The minimum Gasteiger partial charge on any atom is -0.271 e. The molecule has 12 heteroatoms. The third kappa shape index (κ3) is 6.62. The standard InChI is InChI=1S/C23H18BrClF3N3O3S/c1-15(16-7-10-18(24)11-8-16)29-30-22(32)14-31(35(33,34)19-5-3-2-4-6-19)21-13-17(23(26,27)28)9-12-20(21)25/h2-13H,14H2,1H3,(H,30,32)/b29-15-. The number of halogens is 5. The van der Waals surface area contributed by atoms with Crippen LogP contribution in [0, 0.1) is 0 Å². The summed E-state index contributed by atoms with van der Waals surface area (Å²) >= 11 is 9.42. The Morgan fingerprint density at radius 1 is 1.06 bits per heavy atom. The van der Waals surface area contributed by atoms with E-state index in [1.54, 1.807) is 37.3 Å². The van der Waals surface area contributed by atoms with Crippen LogP contribution in [0.2, 0.25) is 5.02 Å².